The highest BCUT2D eigenvalue weighted by atomic mass is 35.5. The Morgan fingerprint density at radius 2 is 1.62 bits per heavy atom. The molecule has 0 rings (SSSR count). The van der Waals surface area contributed by atoms with Crippen molar-refractivity contribution < 1.29 is 8.85 Å². The van der Waals surface area contributed by atoms with Gasteiger partial charge in [-0.3, -0.25) is 0 Å². The van der Waals surface area contributed by atoms with E-state index in [4.69, 9.17) is 20.5 Å². The minimum Gasteiger partial charge on any atom is -0.394 e. The molecule has 0 heterocycles. The zero-order chi connectivity index (χ0) is 10.3. The molecule has 0 aliphatic rings. The van der Waals surface area contributed by atoms with Crippen LogP contribution >= 0.6 is 11.6 Å². The molecule has 1 atom stereocenters. The van der Waals surface area contributed by atoms with Gasteiger partial charge in [-0.05, 0) is 26.8 Å². The maximum absolute atomic E-state index is 6.26. The van der Waals surface area contributed by atoms with E-state index in [0.29, 0.717) is 13.2 Å². The first kappa shape index (κ1) is 13.4. The molecule has 4 heteroatoms. The summed E-state index contributed by atoms with van der Waals surface area (Å²) < 4.78 is 11.3. The summed E-state index contributed by atoms with van der Waals surface area (Å²) in [6.07, 6.45) is 2.06. The van der Waals surface area contributed by atoms with Crippen molar-refractivity contribution in [1.29, 1.82) is 0 Å². The summed E-state index contributed by atoms with van der Waals surface area (Å²) in [6.45, 7) is 9.53. The second kappa shape index (κ2) is 6.82. The standard InChI is InChI=1S/C9H21ClO2Si/c1-5-8-9(10)13(4,11-6-2)12-7-3/h9H,5-8H2,1-4H3. The third kappa shape index (κ3) is 4.45. The summed E-state index contributed by atoms with van der Waals surface area (Å²) in [6, 6.07) is 0. The van der Waals surface area contributed by atoms with Crippen LogP contribution < -0.4 is 0 Å². The molecule has 2 nitrogen and oxygen atoms in total. The van der Waals surface area contributed by atoms with E-state index in [1.807, 2.05) is 20.4 Å². The summed E-state index contributed by atoms with van der Waals surface area (Å²) in [5, 5.41) is 0.0670. The monoisotopic (exact) mass is 224 g/mol. The van der Waals surface area contributed by atoms with Crippen LogP contribution in [0.2, 0.25) is 6.55 Å². The number of alkyl halides is 1. The van der Waals surface area contributed by atoms with Gasteiger partial charge in [0.2, 0.25) is 0 Å². The van der Waals surface area contributed by atoms with Crippen LogP contribution in [0.3, 0.4) is 0 Å². The second-order valence-electron chi connectivity index (χ2n) is 3.14. The van der Waals surface area contributed by atoms with Crippen LogP contribution in [0.5, 0.6) is 0 Å². The van der Waals surface area contributed by atoms with Gasteiger partial charge < -0.3 is 8.85 Å². The van der Waals surface area contributed by atoms with Gasteiger partial charge in [0.15, 0.2) is 0 Å². The van der Waals surface area contributed by atoms with E-state index in [-0.39, 0.29) is 5.00 Å². The van der Waals surface area contributed by atoms with Crippen molar-refractivity contribution in [2.75, 3.05) is 13.2 Å². The van der Waals surface area contributed by atoms with Crippen LogP contribution in [0.25, 0.3) is 0 Å². The molecule has 80 valence electrons. The predicted octanol–water partition coefficient (Wildman–Crippen LogP) is 3.08. The lowest BCUT2D eigenvalue weighted by Gasteiger charge is -2.30. The number of hydrogen-bond donors (Lipinski definition) is 0. The molecule has 0 saturated carbocycles. The summed E-state index contributed by atoms with van der Waals surface area (Å²) in [5.74, 6) is 0. The Hall–Kier alpha value is 0.427. The minimum absolute atomic E-state index is 0.0670. The molecule has 0 aromatic carbocycles. The molecule has 13 heavy (non-hydrogen) atoms. The molecule has 0 aromatic heterocycles. The highest BCUT2D eigenvalue weighted by molar-refractivity contribution is 6.75. The zero-order valence-electron chi connectivity index (χ0n) is 9.10. The fourth-order valence-electron chi connectivity index (χ4n) is 1.31. The van der Waals surface area contributed by atoms with Crippen LogP contribution in [0.1, 0.15) is 33.6 Å². The van der Waals surface area contributed by atoms with Gasteiger partial charge in [-0.2, -0.15) is 0 Å². The zero-order valence-corrected chi connectivity index (χ0v) is 10.9. The van der Waals surface area contributed by atoms with Crippen molar-refractivity contribution in [2.45, 2.75) is 45.2 Å². The number of hydrogen-bond acceptors (Lipinski definition) is 2. The molecule has 0 saturated heterocycles. The Balaban J connectivity index is 4.18. The Kier molecular flexibility index (Phi) is 7.04. The maximum Gasteiger partial charge on any atom is 0.353 e. The maximum atomic E-state index is 6.26. The Morgan fingerprint density at radius 3 is 1.92 bits per heavy atom. The van der Waals surface area contributed by atoms with Crippen LogP contribution in [-0.2, 0) is 8.85 Å². The first-order valence-electron chi connectivity index (χ1n) is 5.02. The lowest BCUT2D eigenvalue weighted by atomic mass is 10.4. The Bertz CT molecular complexity index is 127. The average molecular weight is 225 g/mol. The topological polar surface area (TPSA) is 18.5 Å². The predicted molar refractivity (Wildman–Crippen MR) is 59.4 cm³/mol. The van der Waals surface area contributed by atoms with Crippen LogP contribution in [0.4, 0.5) is 0 Å². The van der Waals surface area contributed by atoms with Crippen LogP contribution in [0, 0.1) is 0 Å². The van der Waals surface area contributed by atoms with Crippen molar-refractivity contribution in [1.82, 2.24) is 0 Å². The van der Waals surface area contributed by atoms with Crippen LogP contribution in [-0.4, -0.2) is 26.8 Å². The molecule has 0 aliphatic heterocycles. The normalized spacial score (nSPS) is 14.5. The van der Waals surface area contributed by atoms with Crippen molar-refractivity contribution in [3.05, 3.63) is 0 Å². The molecule has 0 aliphatic carbocycles. The molecule has 0 aromatic rings. The number of rotatable bonds is 7. The number of halogens is 1. The molecular weight excluding hydrogens is 204 g/mol. The van der Waals surface area contributed by atoms with Crippen molar-refractivity contribution in [3.63, 3.8) is 0 Å². The third-order valence-corrected chi connectivity index (χ3v) is 6.53. The molecule has 0 spiro atoms. The molecule has 0 fully saturated rings. The van der Waals surface area contributed by atoms with Gasteiger partial charge in [-0.1, -0.05) is 13.3 Å². The smallest absolute Gasteiger partial charge is 0.353 e. The highest BCUT2D eigenvalue weighted by Crippen LogP contribution is 2.21. The highest BCUT2D eigenvalue weighted by Gasteiger charge is 2.38. The van der Waals surface area contributed by atoms with Gasteiger partial charge in [-0.15, -0.1) is 11.6 Å². The molecule has 0 bridgehead atoms. The Morgan fingerprint density at radius 1 is 1.15 bits per heavy atom. The third-order valence-electron chi connectivity index (χ3n) is 1.97. The van der Waals surface area contributed by atoms with Crippen LogP contribution in [0.15, 0.2) is 0 Å². The quantitative estimate of drug-likeness (QED) is 0.489. The molecule has 0 N–H and O–H groups in total. The Labute approximate surface area is 87.8 Å². The largest absolute Gasteiger partial charge is 0.394 e. The van der Waals surface area contributed by atoms with Crippen molar-refractivity contribution in [3.8, 4) is 0 Å². The van der Waals surface area contributed by atoms with E-state index in [1.165, 1.54) is 0 Å². The fraction of sp³-hybridized carbons (Fsp3) is 1.00. The lowest BCUT2D eigenvalue weighted by molar-refractivity contribution is 0.185. The van der Waals surface area contributed by atoms with Crippen molar-refractivity contribution >= 4 is 20.2 Å². The molecule has 1 unspecified atom stereocenters. The first-order valence-corrected chi connectivity index (χ1v) is 7.85. The summed E-state index contributed by atoms with van der Waals surface area (Å²) in [7, 11) is -2.11. The summed E-state index contributed by atoms with van der Waals surface area (Å²) >= 11 is 6.26. The van der Waals surface area contributed by atoms with E-state index < -0.39 is 8.56 Å². The van der Waals surface area contributed by atoms with Gasteiger partial charge >= 0.3 is 8.56 Å². The van der Waals surface area contributed by atoms with Gasteiger partial charge in [0.25, 0.3) is 0 Å². The summed E-state index contributed by atoms with van der Waals surface area (Å²) in [4.78, 5) is 0. The van der Waals surface area contributed by atoms with Gasteiger partial charge in [0.05, 0.1) is 5.00 Å². The molecule has 0 amide bonds. The van der Waals surface area contributed by atoms with E-state index in [9.17, 15) is 0 Å². The first-order chi connectivity index (χ1) is 6.10. The SMILES string of the molecule is CCCC(Cl)[Si](C)(OCC)OCC. The van der Waals surface area contributed by atoms with E-state index >= 15 is 0 Å². The van der Waals surface area contributed by atoms with E-state index in [2.05, 4.69) is 6.92 Å². The molecular formula is C9H21ClO2Si. The fourth-order valence-corrected chi connectivity index (χ4v) is 4.31. The summed E-state index contributed by atoms with van der Waals surface area (Å²) in [5.41, 5.74) is 0. The average Bonchev–Trinajstić information content (AvgIpc) is 2.05. The second-order valence-corrected chi connectivity index (χ2v) is 7.34. The van der Waals surface area contributed by atoms with Gasteiger partial charge in [0, 0.05) is 13.2 Å². The molecule has 0 radical (unpaired) electrons. The van der Waals surface area contributed by atoms with E-state index in [1.54, 1.807) is 0 Å². The van der Waals surface area contributed by atoms with Gasteiger partial charge in [-0.25, -0.2) is 0 Å². The minimum atomic E-state index is -2.11. The van der Waals surface area contributed by atoms with Gasteiger partial charge in [0.1, 0.15) is 0 Å². The lowest BCUT2D eigenvalue weighted by Crippen LogP contribution is -2.48. The van der Waals surface area contributed by atoms with Crippen molar-refractivity contribution in [2.24, 2.45) is 0 Å². The van der Waals surface area contributed by atoms with E-state index in [0.717, 1.165) is 12.8 Å².